The molecule has 2 aliphatic rings. The number of carbonyl (C=O) groups is 4. The number of H-pyrrole nitrogens is 4. The summed E-state index contributed by atoms with van der Waals surface area (Å²) in [5, 5.41) is 5.42. The van der Waals surface area contributed by atoms with Gasteiger partial charge < -0.3 is 49.8 Å². The highest BCUT2D eigenvalue weighted by Crippen LogP contribution is 2.41. The molecule has 0 saturated carbocycles. The minimum absolute atomic E-state index is 0.138. The van der Waals surface area contributed by atoms with Crippen LogP contribution in [0.1, 0.15) is 88.8 Å². The van der Waals surface area contributed by atoms with Crippen molar-refractivity contribution >= 4 is 46.1 Å². The van der Waals surface area contributed by atoms with Gasteiger partial charge in [0, 0.05) is 35.3 Å². The molecule has 6 aromatic rings. The van der Waals surface area contributed by atoms with Gasteiger partial charge in [0.05, 0.1) is 72.2 Å². The van der Waals surface area contributed by atoms with Crippen LogP contribution in [0.2, 0.25) is 0 Å². The SMILES string of the molecule is COC(=O)N[C@H](C(=O)N1CCC[C@H]1c1ncc(-c2ccc(-c3ccc(-c4cnc([C@@H]5CCCN5C(=O)[C@@H](NC(=O)OC)C(C)C)[nH]4)c4nc(C)[nH]c34)c3[nH]c(C)nc23)[nH]1)C(C)C. The quantitative estimate of drug-likeness (QED) is 0.0819. The van der Waals surface area contributed by atoms with Crippen molar-refractivity contribution in [2.45, 2.75) is 91.4 Å². The Morgan fingerprint density at radius 2 is 1.02 bits per heavy atom. The fourth-order valence-corrected chi connectivity index (χ4v) is 8.98. The second-order valence-corrected chi connectivity index (χ2v) is 16.9. The molecule has 4 aromatic heterocycles. The van der Waals surface area contributed by atoms with Gasteiger partial charge in [-0.05, 0) is 63.5 Å². The van der Waals surface area contributed by atoms with E-state index >= 15 is 0 Å². The fourth-order valence-electron chi connectivity index (χ4n) is 8.98. The van der Waals surface area contributed by atoms with Crippen molar-refractivity contribution in [2.75, 3.05) is 27.3 Å². The second kappa shape index (κ2) is 17.0. The molecule has 0 unspecified atom stereocenters. The third-order valence-electron chi connectivity index (χ3n) is 12.1. The molecular weight excluding hydrogens is 793 g/mol. The van der Waals surface area contributed by atoms with E-state index in [4.69, 9.17) is 29.4 Å². The highest BCUT2D eigenvalue weighted by atomic mass is 16.5. The molecule has 4 atom stereocenters. The summed E-state index contributed by atoms with van der Waals surface area (Å²) in [5.41, 5.74) is 8.33. The summed E-state index contributed by atoms with van der Waals surface area (Å²) in [5.74, 6) is 2.23. The van der Waals surface area contributed by atoms with E-state index in [-0.39, 0.29) is 35.7 Å². The number of nitrogens with zero attached hydrogens (tertiary/aromatic N) is 6. The zero-order valence-electron chi connectivity index (χ0n) is 36.3. The first kappa shape index (κ1) is 42.0. The number of amides is 4. The number of hydrogen-bond acceptors (Lipinski definition) is 10. The number of carbonyl (C=O) groups excluding carboxylic acids is 4. The monoisotopic (exact) mass is 846 g/mol. The Labute approximate surface area is 358 Å². The minimum Gasteiger partial charge on any atom is -0.453 e. The summed E-state index contributed by atoms with van der Waals surface area (Å²) in [4.78, 5) is 88.7. The average molecular weight is 847 g/mol. The molecule has 18 heteroatoms. The predicted octanol–water partition coefficient (Wildman–Crippen LogP) is 6.59. The average Bonchev–Trinajstić information content (AvgIpc) is 4.11. The first-order chi connectivity index (χ1) is 29.8. The number of benzene rings is 2. The van der Waals surface area contributed by atoms with Gasteiger partial charge in [-0.3, -0.25) is 9.59 Å². The lowest BCUT2D eigenvalue weighted by Crippen LogP contribution is -2.51. The highest BCUT2D eigenvalue weighted by molar-refractivity contribution is 6.07. The number of nitrogens with one attached hydrogen (secondary N) is 6. The number of likely N-dealkylation sites (tertiary alicyclic amines) is 2. The van der Waals surface area contributed by atoms with E-state index < -0.39 is 24.3 Å². The van der Waals surface area contributed by atoms with Crippen LogP contribution in [0.3, 0.4) is 0 Å². The van der Waals surface area contributed by atoms with Gasteiger partial charge in [0.2, 0.25) is 11.8 Å². The lowest BCUT2D eigenvalue weighted by molar-refractivity contribution is -0.136. The molecule has 18 nitrogen and oxygen atoms in total. The van der Waals surface area contributed by atoms with Crippen molar-refractivity contribution in [3.63, 3.8) is 0 Å². The Morgan fingerprint density at radius 3 is 1.39 bits per heavy atom. The third-order valence-corrected chi connectivity index (χ3v) is 12.1. The number of aromatic amines is 4. The van der Waals surface area contributed by atoms with Gasteiger partial charge in [-0.15, -0.1) is 0 Å². The molecule has 2 saturated heterocycles. The van der Waals surface area contributed by atoms with Crippen LogP contribution in [0.15, 0.2) is 36.7 Å². The first-order valence-corrected chi connectivity index (χ1v) is 21.2. The zero-order valence-corrected chi connectivity index (χ0v) is 36.3. The van der Waals surface area contributed by atoms with Crippen LogP contribution < -0.4 is 10.6 Å². The van der Waals surface area contributed by atoms with Crippen molar-refractivity contribution < 1.29 is 28.7 Å². The maximum atomic E-state index is 13.8. The van der Waals surface area contributed by atoms with Crippen LogP contribution in [0.25, 0.3) is 55.7 Å². The van der Waals surface area contributed by atoms with Crippen molar-refractivity contribution in [1.29, 1.82) is 0 Å². The molecule has 0 aliphatic carbocycles. The molecule has 0 bridgehead atoms. The summed E-state index contributed by atoms with van der Waals surface area (Å²) in [6, 6.07) is 6.19. The number of aryl methyl sites for hydroxylation is 2. The molecule has 2 aromatic carbocycles. The van der Waals surface area contributed by atoms with E-state index in [2.05, 4.69) is 42.7 Å². The van der Waals surface area contributed by atoms with Gasteiger partial charge in [-0.1, -0.05) is 39.8 Å². The highest BCUT2D eigenvalue weighted by Gasteiger charge is 2.39. The summed E-state index contributed by atoms with van der Waals surface area (Å²) in [7, 11) is 2.57. The molecule has 62 heavy (non-hydrogen) atoms. The molecule has 4 amide bonds. The Kier molecular flexibility index (Phi) is 11.5. The van der Waals surface area contributed by atoms with Crippen molar-refractivity contribution in [3.05, 3.63) is 60.0 Å². The van der Waals surface area contributed by atoms with Gasteiger partial charge in [0.15, 0.2) is 0 Å². The van der Waals surface area contributed by atoms with Crippen LogP contribution in [-0.4, -0.2) is 113 Å². The largest absolute Gasteiger partial charge is 0.453 e. The Morgan fingerprint density at radius 1 is 0.629 bits per heavy atom. The Hall–Kier alpha value is -6.72. The normalized spacial score (nSPS) is 17.6. The third kappa shape index (κ3) is 7.73. The summed E-state index contributed by atoms with van der Waals surface area (Å²) >= 11 is 0. The number of methoxy groups -OCH3 is 2. The van der Waals surface area contributed by atoms with Crippen molar-refractivity contribution in [1.82, 2.24) is 60.3 Å². The first-order valence-electron chi connectivity index (χ1n) is 21.2. The Bertz CT molecular complexity index is 2480. The molecule has 0 radical (unpaired) electrons. The van der Waals surface area contributed by atoms with Crippen LogP contribution in [0.4, 0.5) is 9.59 Å². The lowest BCUT2D eigenvalue weighted by Gasteiger charge is -2.30. The topological polar surface area (TPSA) is 232 Å². The number of hydrogen-bond donors (Lipinski definition) is 6. The summed E-state index contributed by atoms with van der Waals surface area (Å²) in [6.07, 6.45) is 5.38. The van der Waals surface area contributed by atoms with Crippen LogP contribution in [0, 0.1) is 25.7 Å². The maximum absolute atomic E-state index is 13.8. The number of imidazole rings is 4. The van der Waals surface area contributed by atoms with Crippen LogP contribution in [0.5, 0.6) is 0 Å². The van der Waals surface area contributed by atoms with Gasteiger partial charge >= 0.3 is 12.2 Å². The predicted molar refractivity (Wildman–Crippen MR) is 232 cm³/mol. The summed E-state index contributed by atoms with van der Waals surface area (Å²) in [6.45, 7) is 12.5. The van der Waals surface area contributed by atoms with Crippen molar-refractivity contribution in [2.24, 2.45) is 11.8 Å². The number of alkyl carbamates (subject to hydrolysis) is 2. The van der Waals surface area contributed by atoms with E-state index in [1.165, 1.54) is 14.2 Å². The van der Waals surface area contributed by atoms with E-state index in [0.717, 1.165) is 93.0 Å². The number of ether oxygens (including phenoxy) is 2. The zero-order chi connectivity index (χ0) is 44.0. The van der Waals surface area contributed by atoms with E-state index in [0.29, 0.717) is 24.7 Å². The minimum atomic E-state index is -0.727. The molecule has 0 spiro atoms. The lowest BCUT2D eigenvalue weighted by atomic mass is 9.97. The van der Waals surface area contributed by atoms with E-state index in [1.807, 2.05) is 53.7 Å². The smallest absolute Gasteiger partial charge is 0.407 e. The molecule has 2 aliphatic heterocycles. The molecule has 326 valence electrons. The summed E-state index contributed by atoms with van der Waals surface area (Å²) < 4.78 is 9.59. The standard InChI is InChI=1S/C44H54N12O6/c1-21(2)33(53-43(59)61-7)41(57)55-17-9-11-31(55)39-45-19-29(51-39)27-15-13-25(35-37(27)49-23(5)47-35)26-14-16-28(38-36(26)48-24(6)50-38)30-20-46-40(52-30)32-12-10-18-56(32)42(58)34(22(3)4)54-44(60)62-8/h13-16,19-22,31-34H,9-12,17-18H2,1-8H3,(H,45,51)(H,46,52)(H,47,49)(H,48,50)(H,53,59)(H,54,60)/t31-,32-,33-,34-/m0/s1. The van der Waals surface area contributed by atoms with Crippen molar-refractivity contribution in [3.8, 4) is 33.6 Å². The van der Waals surface area contributed by atoms with Gasteiger partial charge in [0.1, 0.15) is 35.4 Å². The van der Waals surface area contributed by atoms with E-state index in [1.54, 1.807) is 22.2 Å². The van der Waals surface area contributed by atoms with Crippen LogP contribution >= 0.6 is 0 Å². The van der Waals surface area contributed by atoms with E-state index in [9.17, 15) is 19.2 Å². The fraction of sp³-hybridized carbons (Fsp3) is 0.455. The molecule has 6 heterocycles. The van der Waals surface area contributed by atoms with Gasteiger partial charge in [0.25, 0.3) is 0 Å². The molecule has 6 N–H and O–H groups in total. The molecule has 8 rings (SSSR count). The molecule has 2 fully saturated rings. The number of aromatic nitrogens is 8. The van der Waals surface area contributed by atoms with Gasteiger partial charge in [-0.2, -0.15) is 0 Å². The second-order valence-electron chi connectivity index (χ2n) is 16.9. The Balaban J connectivity index is 1.08. The molecular formula is C44H54N12O6. The van der Waals surface area contributed by atoms with Crippen LogP contribution in [-0.2, 0) is 19.1 Å². The van der Waals surface area contributed by atoms with Gasteiger partial charge in [-0.25, -0.2) is 29.5 Å². The number of rotatable bonds is 11. The number of fused-ring (bicyclic) bond motifs is 2. The maximum Gasteiger partial charge on any atom is 0.407 e.